The van der Waals surface area contributed by atoms with Crippen molar-refractivity contribution in [2.75, 3.05) is 24.3 Å². The Kier molecular flexibility index (Phi) is 7.33. The topological polar surface area (TPSA) is 78.3 Å². The molecule has 1 N–H and O–H groups in total. The minimum absolute atomic E-state index is 0.102. The van der Waals surface area contributed by atoms with Crippen molar-refractivity contribution >= 4 is 23.4 Å². The van der Waals surface area contributed by atoms with Crippen molar-refractivity contribution in [1.82, 2.24) is 14.8 Å². The second-order valence-electron chi connectivity index (χ2n) is 7.01. The molecule has 1 aromatic carbocycles. The molecule has 0 bridgehead atoms. The van der Waals surface area contributed by atoms with Crippen LogP contribution in [0, 0.1) is 0 Å². The number of hydrogen-bond acceptors (Lipinski definition) is 6. The number of thioether (sulfide) groups is 1. The second-order valence-corrected chi connectivity index (χ2v) is 7.95. The van der Waals surface area contributed by atoms with Crippen molar-refractivity contribution in [2.45, 2.75) is 57.3 Å². The van der Waals surface area contributed by atoms with E-state index in [1.165, 1.54) is 11.8 Å². The molecule has 1 unspecified atom stereocenters. The highest BCUT2D eigenvalue weighted by molar-refractivity contribution is 7.99. The van der Waals surface area contributed by atoms with Crippen LogP contribution in [-0.2, 0) is 16.1 Å². The summed E-state index contributed by atoms with van der Waals surface area (Å²) in [5, 5.41) is 12.3. The molecule has 0 spiro atoms. The first-order valence-corrected chi connectivity index (χ1v) is 10.8. The molecule has 28 heavy (non-hydrogen) atoms. The lowest BCUT2D eigenvalue weighted by molar-refractivity contribution is -0.113. The van der Waals surface area contributed by atoms with Gasteiger partial charge in [0.1, 0.15) is 11.6 Å². The van der Waals surface area contributed by atoms with E-state index in [2.05, 4.69) is 33.9 Å². The Morgan fingerprint density at radius 2 is 2.21 bits per heavy atom. The van der Waals surface area contributed by atoms with Gasteiger partial charge < -0.3 is 19.4 Å². The van der Waals surface area contributed by atoms with E-state index < -0.39 is 0 Å². The number of rotatable bonds is 9. The van der Waals surface area contributed by atoms with Crippen LogP contribution in [0.1, 0.15) is 45.4 Å². The molecule has 0 aliphatic carbocycles. The zero-order valence-electron chi connectivity index (χ0n) is 16.7. The van der Waals surface area contributed by atoms with Crippen molar-refractivity contribution in [2.24, 2.45) is 0 Å². The van der Waals surface area contributed by atoms with E-state index >= 15 is 0 Å². The van der Waals surface area contributed by atoms with Crippen LogP contribution in [-0.4, -0.2) is 45.7 Å². The highest BCUT2D eigenvalue weighted by Crippen LogP contribution is 2.26. The van der Waals surface area contributed by atoms with Gasteiger partial charge in [-0.2, -0.15) is 0 Å². The summed E-state index contributed by atoms with van der Waals surface area (Å²) in [4.78, 5) is 12.5. The van der Waals surface area contributed by atoms with E-state index in [-0.39, 0.29) is 23.7 Å². The van der Waals surface area contributed by atoms with Crippen LogP contribution < -0.4 is 10.1 Å². The van der Waals surface area contributed by atoms with Crippen LogP contribution >= 0.6 is 11.8 Å². The van der Waals surface area contributed by atoms with Gasteiger partial charge in [-0.3, -0.25) is 4.79 Å². The first kappa shape index (κ1) is 20.7. The number of nitrogens with one attached hydrogen (secondary N) is 1. The number of carbonyl (C=O) groups excluding carboxylic acids is 1. The summed E-state index contributed by atoms with van der Waals surface area (Å²) in [7, 11) is 0. The first-order valence-electron chi connectivity index (χ1n) is 9.77. The summed E-state index contributed by atoms with van der Waals surface area (Å²) in [6, 6.07) is 7.44. The van der Waals surface area contributed by atoms with Gasteiger partial charge in [-0.05, 0) is 31.9 Å². The third-order valence-electron chi connectivity index (χ3n) is 4.47. The highest BCUT2D eigenvalue weighted by Gasteiger charge is 2.22. The Labute approximate surface area is 170 Å². The Bertz CT molecular complexity index is 788. The number of aromatic nitrogens is 3. The SMILES string of the molecule is CCOc1ccccc1NC(=O)CSc1nnc(C(C)C)n1CC1CCCO1. The fourth-order valence-electron chi connectivity index (χ4n) is 3.17. The lowest BCUT2D eigenvalue weighted by Crippen LogP contribution is -2.19. The molecule has 2 heterocycles. The zero-order valence-corrected chi connectivity index (χ0v) is 17.5. The molecule has 2 aromatic rings. The molecule has 1 atom stereocenters. The van der Waals surface area contributed by atoms with Gasteiger partial charge in [-0.15, -0.1) is 10.2 Å². The van der Waals surface area contributed by atoms with E-state index in [0.717, 1.165) is 37.0 Å². The van der Waals surface area contributed by atoms with Crippen molar-refractivity contribution < 1.29 is 14.3 Å². The molecule has 1 fully saturated rings. The first-order chi connectivity index (χ1) is 13.6. The molecule has 1 aliphatic rings. The van der Waals surface area contributed by atoms with Gasteiger partial charge in [0.2, 0.25) is 5.91 Å². The van der Waals surface area contributed by atoms with Crippen LogP contribution in [0.25, 0.3) is 0 Å². The van der Waals surface area contributed by atoms with Crippen molar-refractivity contribution in [3.8, 4) is 5.75 Å². The summed E-state index contributed by atoms with van der Waals surface area (Å²) in [6.45, 7) is 8.21. The van der Waals surface area contributed by atoms with Gasteiger partial charge >= 0.3 is 0 Å². The Balaban J connectivity index is 1.64. The third-order valence-corrected chi connectivity index (χ3v) is 5.43. The van der Waals surface area contributed by atoms with Crippen LogP contribution in [0.2, 0.25) is 0 Å². The number of anilines is 1. The van der Waals surface area contributed by atoms with Crippen LogP contribution in [0.5, 0.6) is 5.75 Å². The maximum absolute atomic E-state index is 12.5. The van der Waals surface area contributed by atoms with Gasteiger partial charge in [0.15, 0.2) is 5.16 Å². The average molecular weight is 405 g/mol. The predicted molar refractivity (Wildman–Crippen MR) is 110 cm³/mol. The van der Waals surface area contributed by atoms with E-state index in [9.17, 15) is 4.79 Å². The molecular formula is C20H28N4O3S. The van der Waals surface area contributed by atoms with Crippen molar-refractivity contribution in [3.63, 3.8) is 0 Å². The number of para-hydroxylation sites is 2. The van der Waals surface area contributed by atoms with E-state index in [0.29, 0.717) is 18.0 Å². The Morgan fingerprint density at radius 1 is 1.39 bits per heavy atom. The minimum atomic E-state index is -0.102. The standard InChI is InChI=1S/C20H28N4O3S/c1-4-26-17-10-6-5-9-16(17)21-18(25)13-28-20-23-22-19(14(2)3)24(20)12-15-8-7-11-27-15/h5-6,9-10,14-15H,4,7-8,11-13H2,1-3H3,(H,21,25). The Morgan fingerprint density at radius 3 is 2.93 bits per heavy atom. The molecule has 1 aromatic heterocycles. The van der Waals surface area contributed by atoms with Crippen LogP contribution in [0.3, 0.4) is 0 Å². The van der Waals surface area contributed by atoms with Gasteiger partial charge in [0.25, 0.3) is 0 Å². The van der Waals surface area contributed by atoms with Crippen LogP contribution in [0.15, 0.2) is 29.4 Å². The number of hydrogen-bond donors (Lipinski definition) is 1. The minimum Gasteiger partial charge on any atom is -0.492 e. The number of ether oxygens (including phenoxy) is 2. The molecule has 1 amide bonds. The van der Waals surface area contributed by atoms with Crippen molar-refractivity contribution in [3.05, 3.63) is 30.1 Å². The monoisotopic (exact) mass is 404 g/mol. The smallest absolute Gasteiger partial charge is 0.234 e. The summed E-state index contributed by atoms with van der Waals surface area (Å²) in [5.41, 5.74) is 0.679. The number of nitrogens with zero attached hydrogens (tertiary/aromatic N) is 3. The molecule has 3 rings (SSSR count). The maximum Gasteiger partial charge on any atom is 0.234 e. The molecular weight excluding hydrogens is 376 g/mol. The molecule has 0 saturated carbocycles. The number of amides is 1. The molecule has 8 heteroatoms. The summed E-state index contributed by atoms with van der Waals surface area (Å²) in [5.74, 6) is 2.01. The van der Waals surface area contributed by atoms with Crippen LogP contribution in [0.4, 0.5) is 5.69 Å². The lowest BCUT2D eigenvalue weighted by Gasteiger charge is -2.16. The highest BCUT2D eigenvalue weighted by atomic mass is 32.2. The molecule has 1 saturated heterocycles. The number of carbonyl (C=O) groups is 1. The summed E-state index contributed by atoms with van der Waals surface area (Å²) < 4.78 is 13.4. The maximum atomic E-state index is 12.5. The van der Waals surface area contributed by atoms with Crippen molar-refractivity contribution in [1.29, 1.82) is 0 Å². The largest absolute Gasteiger partial charge is 0.492 e. The van der Waals surface area contributed by atoms with Gasteiger partial charge in [-0.25, -0.2) is 0 Å². The molecule has 0 radical (unpaired) electrons. The normalized spacial score (nSPS) is 16.5. The second kappa shape index (κ2) is 9.93. The predicted octanol–water partition coefficient (Wildman–Crippen LogP) is 3.71. The lowest BCUT2D eigenvalue weighted by atomic mass is 10.2. The third kappa shape index (κ3) is 5.26. The number of benzene rings is 1. The van der Waals surface area contributed by atoms with E-state index in [1.807, 2.05) is 31.2 Å². The quantitative estimate of drug-likeness (QED) is 0.642. The summed E-state index contributed by atoms with van der Waals surface area (Å²) >= 11 is 1.40. The Hall–Kier alpha value is -2.06. The van der Waals surface area contributed by atoms with Gasteiger partial charge in [-0.1, -0.05) is 37.7 Å². The molecule has 7 nitrogen and oxygen atoms in total. The summed E-state index contributed by atoms with van der Waals surface area (Å²) in [6.07, 6.45) is 2.34. The average Bonchev–Trinajstić information content (AvgIpc) is 3.32. The van der Waals surface area contributed by atoms with Gasteiger partial charge in [0, 0.05) is 12.5 Å². The van der Waals surface area contributed by atoms with Gasteiger partial charge in [0.05, 0.1) is 30.7 Å². The fraction of sp³-hybridized carbons (Fsp3) is 0.550. The van der Waals surface area contributed by atoms with E-state index in [1.54, 1.807) is 0 Å². The fourth-order valence-corrected chi connectivity index (χ4v) is 3.92. The van der Waals surface area contributed by atoms with E-state index in [4.69, 9.17) is 9.47 Å². The molecule has 152 valence electrons. The zero-order chi connectivity index (χ0) is 19.9. The molecule has 1 aliphatic heterocycles.